The Morgan fingerprint density at radius 1 is 1.05 bits per heavy atom. The van der Waals surface area contributed by atoms with E-state index in [-0.39, 0.29) is 42.1 Å². The molecule has 2 aliphatic heterocycles. The van der Waals surface area contributed by atoms with Gasteiger partial charge in [0.2, 0.25) is 17.7 Å². The monoisotopic (exact) mass is 507 g/mol. The Balaban J connectivity index is 1.37. The smallest absolute Gasteiger partial charge is 0.242 e. The van der Waals surface area contributed by atoms with Crippen LogP contribution in [0, 0.1) is 5.82 Å². The number of hydrogen-bond donors (Lipinski definition) is 0. The van der Waals surface area contributed by atoms with Crippen molar-refractivity contribution >= 4 is 22.8 Å². The van der Waals surface area contributed by atoms with Crippen LogP contribution in [0.5, 0.6) is 5.88 Å². The topological polar surface area (TPSA) is 97.8 Å². The molecule has 0 unspecified atom stereocenters. The Kier molecular flexibility index (Phi) is 7.27. The van der Waals surface area contributed by atoms with Gasteiger partial charge < -0.3 is 19.3 Å². The van der Waals surface area contributed by atoms with Gasteiger partial charge in [-0.05, 0) is 36.5 Å². The third-order valence-electron chi connectivity index (χ3n) is 7.09. The Morgan fingerprint density at radius 3 is 2.54 bits per heavy atom. The molecule has 2 amide bonds. The summed E-state index contributed by atoms with van der Waals surface area (Å²) in [6, 6.07) is 6.94. The van der Waals surface area contributed by atoms with Crippen molar-refractivity contribution in [3.63, 3.8) is 0 Å². The van der Waals surface area contributed by atoms with Crippen LogP contribution in [0.15, 0.2) is 36.7 Å². The zero-order valence-electron chi connectivity index (χ0n) is 21.0. The van der Waals surface area contributed by atoms with E-state index in [1.807, 2.05) is 12.1 Å². The second-order valence-electron chi connectivity index (χ2n) is 9.52. The zero-order valence-corrected chi connectivity index (χ0v) is 21.0. The van der Waals surface area contributed by atoms with Gasteiger partial charge in [-0.1, -0.05) is 12.1 Å². The van der Waals surface area contributed by atoms with Crippen LogP contribution in [0.25, 0.3) is 22.3 Å². The highest BCUT2D eigenvalue weighted by atomic mass is 19.1. The number of rotatable bonds is 5. The molecular formula is C27H30FN5O4. The summed E-state index contributed by atoms with van der Waals surface area (Å²) in [7, 11) is 0. The quantitative estimate of drug-likeness (QED) is 0.523. The van der Waals surface area contributed by atoms with E-state index in [4.69, 9.17) is 9.47 Å². The minimum Gasteiger partial charge on any atom is -0.473 e. The number of fused-ring (bicyclic) bond motifs is 1. The Labute approximate surface area is 214 Å². The highest BCUT2D eigenvalue weighted by molar-refractivity contribution is 5.83. The fraction of sp³-hybridized carbons (Fsp3) is 0.444. The maximum Gasteiger partial charge on any atom is 0.242 e. The van der Waals surface area contributed by atoms with Gasteiger partial charge in [0.05, 0.1) is 24.4 Å². The van der Waals surface area contributed by atoms with E-state index in [0.29, 0.717) is 60.6 Å². The van der Waals surface area contributed by atoms with E-state index in [1.165, 1.54) is 13.0 Å². The second kappa shape index (κ2) is 10.8. The molecule has 5 rings (SSSR count). The number of carbonyl (C=O) groups is 2. The fourth-order valence-corrected chi connectivity index (χ4v) is 4.99. The fourth-order valence-electron chi connectivity index (χ4n) is 4.99. The zero-order chi connectivity index (χ0) is 25.9. The molecule has 0 N–H and O–H groups in total. The second-order valence-corrected chi connectivity index (χ2v) is 9.52. The minimum absolute atomic E-state index is 0.000354. The molecule has 0 aliphatic carbocycles. The molecule has 2 fully saturated rings. The van der Waals surface area contributed by atoms with Crippen LogP contribution in [0.3, 0.4) is 0 Å². The molecule has 3 aromatic rings. The van der Waals surface area contributed by atoms with Gasteiger partial charge >= 0.3 is 0 Å². The first-order valence-electron chi connectivity index (χ1n) is 12.6. The summed E-state index contributed by atoms with van der Waals surface area (Å²) in [4.78, 5) is 40.3. The van der Waals surface area contributed by atoms with Gasteiger partial charge in [0.15, 0.2) is 5.52 Å². The Hall–Kier alpha value is -3.66. The van der Waals surface area contributed by atoms with Gasteiger partial charge in [-0.2, -0.15) is 0 Å². The third kappa shape index (κ3) is 5.53. The van der Waals surface area contributed by atoms with E-state index in [2.05, 4.69) is 15.0 Å². The lowest BCUT2D eigenvalue weighted by Gasteiger charge is -2.32. The molecule has 1 atom stereocenters. The Bertz CT molecular complexity index is 1310. The van der Waals surface area contributed by atoms with Crippen LogP contribution in [0.1, 0.15) is 38.2 Å². The number of amides is 2. The van der Waals surface area contributed by atoms with Crippen LogP contribution in [0.4, 0.5) is 4.39 Å². The third-order valence-corrected chi connectivity index (χ3v) is 7.09. The normalized spacial score (nSPS) is 18.7. The molecule has 4 heterocycles. The number of likely N-dealkylation sites (tertiary alicyclic amines) is 1. The van der Waals surface area contributed by atoms with Gasteiger partial charge in [0, 0.05) is 51.4 Å². The lowest BCUT2D eigenvalue weighted by atomic mass is 9.88. The molecule has 2 aliphatic rings. The average Bonchev–Trinajstić information content (AvgIpc) is 2.91. The van der Waals surface area contributed by atoms with Crippen molar-refractivity contribution in [3.05, 3.63) is 48.0 Å². The molecular weight excluding hydrogens is 477 g/mol. The van der Waals surface area contributed by atoms with Crippen LogP contribution >= 0.6 is 0 Å². The summed E-state index contributed by atoms with van der Waals surface area (Å²) in [6.45, 7) is 6.03. The number of pyridine rings is 1. The molecule has 9 nitrogen and oxygen atoms in total. The summed E-state index contributed by atoms with van der Waals surface area (Å²) in [6.07, 6.45) is 4.34. The van der Waals surface area contributed by atoms with E-state index in [9.17, 15) is 9.59 Å². The number of piperidine rings is 1. The maximum atomic E-state index is 15.3. The predicted octanol–water partition coefficient (Wildman–Crippen LogP) is 3.18. The number of morpholine rings is 1. The summed E-state index contributed by atoms with van der Waals surface area (Å²) in [5, 5.41) is 0. The molecule has 0 bridgehead atoms. The van der Waals surface area contributed by atoms with Gasteiger partial charge in [0.1, 0.15) is 18.5 Å². The van der Waals surface area contributed by atoms with E-state index >= 15 is 4.39 Å². The Morgan fingerprint density at radius 2 is 1.81 bits per heavy atom. The van der Waals surface area contributed by atoms with Crippen LogP contribution in [-0.4, -0.2) is 82.1 Å². The number of ether oxygens (including phenoxy) is 2. The largest absolute Gasteiger partial charge is 0.473 e. The standard InChI is InChI=1S/C27H30FN5O4/c1-17(34)32-9-5-19(6-10-32)22-4-3-20(13-23(22)28)24-14-25-26(30-8-7-29-25)27(31-24)37-16-21-15-33(18(2)35)11-12-36-21/h3-4,7-8,13-14,19,21H,5-6,9-12,15-16H2,1-2H3/t21-/m0/s1. The molecule has 2 aromatic heterocycles. The molecule has 0 spiro atoms. The van der Waals surface area contributed by atoms with Crippen molar-refractivity contribution in [2.24, 2.45) is 0 Å². The minimum atomic E-state index is -0.291. The van der Waals surface area contributed by atoms with Crippen molar-refractivity contribution < 1.29 is 23.5 Å². The van der Waals surface area contributed by atoms with E-state index in [0.717, 1.165) is 12.8 Å². The molecule has 2 saturated heterocycles. The molecule has 10 heteroatoms. The first-order valence-corrected chi connectivity index (χ1v) is 12.6. The van der Waals surface area contributed by atoms with Gasteiger partial charge in [-0.15, -0.1) is 0 Å². The number of benzene rings is 1. The number of aromatic nitrogens is 3. The molecule has 1 aromatic carbocycles. The number of nitrogens with zero attached hydrogens (tertiary/aromatic N) is 5. The summed E-state index contributed by atoms with van der Waals surface area (Å²) >= 11 is 0. The van der Waals surface area contributed by atoms with Crippen LogP contribution < -0.4 is 4.74 Å². The first kappa shape index (κ1) is 25.0. The molecule has 0 radical (unpaired) electrons. The van der Waals surface area contributed by atoms with Crippen molar-refractivity contribution in [2.75, 3.05) is 39.4 Å². The maximum absolute atomic E-state index is 15.3. The van der Waals surface area contributed by atoms with E-state index < -0.39 is 0 Å². The number of carbonyl (C=O) groups excluding carboxylic acids is 2. The molecule has 37 heavy (non-hydrogen) atoms. The van der Waals surface area contributed by atoms with Crippen molar-refractivity contribution in [2.45, 2.75) is 38.7 Å². The van der Waals surface area contributed by atoms with Crippen molar-refractivity contribution in [1.82, 2.24) is 24.8 Å². The molecule has 0 saturated carbocycles. The van der Waals surface area contributed by atoms with Crippen molar-refractivity contribution in [3.8, 4) is 17.1 Å². The lowest BCUT2D eigenvalue weighted by molar-refractivity contribution is -0.137. The predicted molar refractivity (Wildman–Crippen MR) is 134 cm³/mol. The number of halogens is 1. The summed E-state index contributed by atoms with van der Waals surface area (Å²) < 4.78 is 27.1. The van der Waals surface area contributed by atoms with Crippen molar-refractivity contribution in [1.29, 1.82) is 0 Å². The molecule has 194 valence electrons. The lowest BCUT2D eigenvalue weighted by Crippen LogP contribution is -2.46. The number of hydrogen-bond acceptors (Lipinski definition) is 7. The van der Waals surface area contributed by atoms with Crippen LogP contribution in [0.2, 0.25) is 0 Å². The average molecular weight is 508 g/mol. The summed E-state index contributed by atoms with van der Waals surface area (Å²) in [5.41, 5.74) is 2.87. The van der Waals surface area contributed by atoms with Gasteiger partial charge in [-0.3, -0.25) is 14.6 Å². The SMILES string of the molecule is CC(=O)N1CCC(c2ccc(-c3cc4nccnc4c(OC[C@@H]4CN(C(C)=O)CCO4)n3)cc2F)CC1. The van der Waals surface area contributed by atoms with Gasteiger partial charge in [-0.25, -0.2) is 14.4 Å². The van der Waals surface area contributed by atoms with Gasteiger partial charge in [0.25, 0.3) is 0 Å². The van der Waals surface area contributed by atoms with Crippen LogP contribution in [-0.2, 0) is 14.3 Å². The summed E-state index contributed by atoms with van der Waals surface area (Å²) in [5.74, 6) is 0.125. The first-order chi connectivity index (χ1) is 17.9. The van der Waals surface area contributed by atoms with E-state index in [1.54, 1.807) is 35.2 Å². The highest BCUT2D eigenvalue weighted by Crippen LogP contribution is 2.33. The highest BCUT2D eigenvalue weighted by Gasteiger charge is 2.25.